The van der Waals surface area contributed by atoms with E-state index < -0.39 is 0 Å². The molecule has 2 aliphatic rings. The van der Waals surface area contributed by atoms with Crippen molar-refractivity contribution in [1.82, 2.24) is 5.32 Å². The van der Waals surface area contributed by atoms with Gasteiger partial charge in [0, 0.05) is 22.8 Å². The van der Waals surface area contributed by atoms with Crippen molar-refractivity contribution in [3.63, 3.8) is 0 Å². The van der Waals surface area contributed by atoms with E-state index in [2.05, 4.69) is 10.6 Å². The third-order valence-corrected chi connectivity index (χ3v) is 5.68. The van der Waals surface area contributed by atoms with E-state index in [1.54, 1.807) is 0 Å². The summed E-state index contributed by atoms with van der Waals surface area (Å²) in [7, 11) is 0. The molecule has 2 heterocycles. The number of nitrogens with one attached hydrogen (secondary N) is 2. The Kier molecular flexibility index (Phi) is 7.17. The number of benzene rings is 2. The van der Waals surface area contributed by atoms with Gasteiger partial charge in [0.1, 0.15) is 0 Å². The summed E-state index contributed by atoms with van der Waals surface area (Å²) in [6.45, 7) is 1.41. The molecular formula is C22H25Cl2N3O2. The van der Waals surface area contributed by atoms with Crippen molar-refractivity contribution in [2.24, 2.45) is 0 Å². The molecule has 4 rings (SSSR count). The highest BCUT2D eigenvalue weighted by molar-refractivity contribution is 6.30. The number of anilines is 2. The van der Waals surface area contributed by atoms with Gasteiger partial charge in [0.05, 0.1) is 12.6 Å². The smallest absolute Gasteiger partial charge is 0.241 e. The third kappa shape index (κ3) is 5.10. The molecule has 2 aromatic carbocycles. The topological polar surface area (TPSA) is 61.4 Å². The van der Waals surface area contributed by atoms with Gasteiger partial charge < -0.3 is 15.5 Å². The van der Waals surface area contributed by atoms with E-state index in [0.29, 0.717) is 24.4 Å². The second kappa shape index (κ2) is 9.61. The predicted molar refractivity (Wildman–Crippen MR) is 119 cm³/mol. The molecule has 7 heteroatoms. The zero-order valence-corrected chi connectivity index (χ0v) is 17.7. The van der Waals surface area contributed by atoms with Gasteiger partial charge in [-0.25, -0.2) is 0 Å². The maximum Gasteiger partial charge on any atom is 0.241 e. The molecule has 154 valence electrons. The number of carbonyl (C=O) groups is 2. The molecule has 0 spiro atoms. The minimum Gasteiger partial charge on any atom is -0.325 e. The fraction of sp³-hybridized carbons (Fsp3) is 0.364. The maximum absolute atomic E-state index is 12.5. The van der Waals surface area contributed by atoms with Gasteiger partial charge in [-0.1, -0.05) is 30.2 Å². The summed E-state index contributed by atoms with van der Waals surface area (Å²) in [5.41, 5.74) is 3.83. The molecule has 0 radical (unpaired) electrons. The highest BCUT2D eigenvalue weighted by atomic mass is 35.5. The van der Waals surface area contributed by atoms with Crippen LogP contribution in [0.2, 0.25) is 5.02 Å². The van der Waals surface area contributed by atoms with Gasteiger partial charge in [0.15, 0.2) is 0 Å². The number of rotatable bonds is 4. The molecule has 0 aromatic heterocycles. The monoisotopic (exact) mass is 433 g/mol. The number of hydrogen-bond acceptors (Lipinski definition) is 3. The highest BCUT2D eigenvalue weighted by Crippen LogP contribution is 2.32. The summed E-state index contributed by atoms with van der Waals surface area (Å²) in [5.74, 6) is 0.134. The van der Waals surface area contributed by atoms with E-state index in [1.165, 1.54) is 0 Å². The van der Waals surface area contributed by atoms with Crippen molar-refractivity contribution in [3.8, 4) is 0 Å². The zero-order valence-electron chi connectivity index (χ0n) is 16.1. The van der Waals surface area contributed by atoms with E-state index in [9.17, 15) is 9.59 Å². The summed E-state index contributed by atoms with van der Waals surface area (Å²) in [4.78, 5) is 26.8. The molecule has 2 N–H and O–H groups in total. The van der Waals surface area contributed by atoms with Crippen LogP contribution < -0.4 is 15.5 Å². The van der Waals surface area contributed by atoms with E-state index in [1.807, 2.05) is 47.4 Å². The number of aryl methyl sites for hydroxylation is 1. The number of carbonyl (C=O) groups excluding carboxylic acids is 2. The van der Waals surface area contributed by atoms with Crippen molar-refractivity contribution < 1.29 is 9.59 Å². The summed E-state index contributed by atoms with van der Waals surface area (Å²) in [6.07, 6.45) is 4.25. The summed E-state index contributed by atoms with van der Waals surface area (Å²) < 4.78 is 0. The van der Waals surface area contributed by atoms with Gasteiger partial charge in [-0.15, -0.1) is 12.4 Å². The van der Waals surface area contributed by atoms with Gasteiger partial charge in [-0.05, 0) is 67.3 Å². The summed E-state index contributed by atoms with van der Waals surface area (Å²) >= 11 is 5.96. The molecule has 2 aliphatic heterocycles. The van der Waals surface area contributed by atoms with Crippen LogP contribution in [0.3, 0.4) is 0 Å². The van der Waals surface area contributed by atoms with Crippen molar-refractivity contribution in [1.29, 1.82) is 0 Å². The molecule has 1 saturated heterocycles. The SMILES string of the molecule is Cl.O=C(Nc1ccc2c(c1)CCC(=O)N2Cc1ccc(Cl)cc1)C1CCCCN1. The van der Waals surface area contributed by atoms with Crippen molar-refractivity contribution in [3.05, 3.63) is 58.6 Å². The first kappa shape index (κ1) is 21.6. The van der Waals surface area contributed by atoms with Crippen LogP contribution in [-0.4, -0.2) is 24.4 Å². The Morgan fingerprint density at radius 2 is 1.93 bits per heavy atom. The fourth-order valence-electron chi connectivity index (χ4n) is 3.89. The second-order valence-corrected chi connectivity index (χ2v) is 7.88. The Labute approximate surface area is 182 Å². The average molecular weight is 434 g/mol. The van der Waals surface area contributed by atoms with Crippen LogP contribution in [0, 0.1) is 0 Å². The van der Waals surface area contributed by atoms with Crippen molar-refractivity contribution in [2.75, 3.05) is 16.8 Å². The third-order valence-electron chi connectivity index (χ3n) is 5.43. The minimum absolute atomic E-state index is 0. The first-order valence-corrected chi connectivity index (χ1v) is 10.2. The largest absolute Gasteiger partial charge is 0.325 e. The number of piperidine rings is 1. The average Bonchev–Trinajstić information content (AvgIpc) is 2.72. The molecule has 0 bridgehead atoms. The Morgan fingerprint density at radius 3 is 2.66 bits per heavy atom. The van der Waals surface area contributed by atoms with Gasteiger partial charge >= 0.3 is 0 Å². The molecule has 0 aliphatic carbocycles. The predicted octanol–water partition coefficient (Wildman–Crippen LogP) is 4.32. The molecular weight excluding hydrogens is 409 g/mol. The van der Waals surface area contributed by atoms with Crippen LogP contribution in [0.25, 0.3) is 0 Å². The first-order valence-electron chi connectivity index (χ1n) is 9.82. The van der Waals surface area contributed by atoms with Gasteiger partial charge in [-0.3, -0.25) is 9.59 Å². The number of fused-ring (bicyclic) bond motifs is 1. The molecule has 1 fully saturated rings. The molecule has 2 amide bonds. The second-order valence-electron chi connectivity index (χ2n) is 7.44. The Hall–Kier alpha value is -2.08. The highest BCUT2D eigenvalue weighted by Gasteiger charge is 2.25. The number of amides is 2. The normalized spacial score (nSPS) is 18.6. The Balaban J connectivity index is 0.00000240. The van der Waals surface area contributed by atoms with E-state index in [0.717, 1.165) is 48.3 Å². The molecule has 1 atom stereocenters. The van der Waals surface area contributed by atoms with Gasteiger partial charge in [0.25, 0.3) is 0 Å². The maximum atomic E-state index is 12.5. The van der Waals surface area contributed by atoms with Crippen LogP contribution in [0.15, 0.2) is 42.5 Å². The van der Waals surface area contributed by atoms with E-state index >= 15 is 0 Å². The lowest BCUT2D eigenvalue weighted by molar-refractivity contribution is -0.119. The van der Waals surface area contributed by atoms with E-state index in [-0.39, 0.29) is 30.3 Å². The molecule has 5 nitrogen and oxygen atoms in total. The Bertz CT molecular complexity index is 880. The fourth-order valence-corrected chi connectivity index (χ4v) is 4.01. The summed E-state index contributed by atoms with van der Waals surface area (Å²) in [5, 5.41) is 6.98. The number of hydrogen-bond donors (Lipinski definition) is 2. The van der Waals surface area contributed by atoms with Gasteiger partial charge in [0.2, 0.25) is 11.8 Å². The first-order chi connectivity index (χ1) is 13.6. The van der Waals surface area contributed by atoms with Gasteiger partial charge in [-0.2, -0.15) is 0 Å². The molecule has 29 heavy (non-hydrogen) atoms. The lowest BCUT2D eigenvalue weighted by atomic mass is 9.99. The van der Waals surface area contributed by atoms with Crippen molar-refractivity contribution >= 4 is 47.2 Å². The minimum atomic E-state index is -0.118. The number of nitrogens with zero attached hydrogens (tertiary/aromatic N) is 1. The lowest BCUT2D eigenvalue weighted by Gasteiger charge is -2.30. The summed E-state index contributed by atoms with van der Waals surface area (Å²) in [6, 6.07) is 13.3. The quantitative estimate of drug-likeness (QED) is 0.754. The van der Waals surface area contributed by atoms with Crippen LogP contribution in [0.4, 0.5) is 11.4 Å². The standard InChI is InChI=1S/C22H24ClN3O2.ClH/c23-17-7-4-15(5-8-17)14-26-20-10-9-18(13-16(20)6-11-21(26)27)25-22(28)19-3-1-2-12-24-19;/h4-5,7-10,13,19,24H,1-3,6,11-12,14H2,(H,25,28);1H. The van der Waals surface area contributed by atoms with Crippen LogP contribution in [0.1, 0.15) is 36.8 Å². The zero-order chi connectivity index (χ0) is 19.5. The number of halogens is 2. The lowest BCUT2D eigenvalue weighted by Crippen LogP contribution is -2.43. The Morgan fingerprint density at radius 1 is 1.14 bits per heavy atom. The van der Waals surface area contributed by atoms with Crippen molar-refractivity contribution in [2.45, 2.75) is 44.7 Å². The van der Waals surface area contributed by atoms with Crippen LogP contribution in [0.5, 0.6) is 0 Å². The molecule has 2 aromatic rings. The van der Waals surface area contributed by atoms with E-state index in [4.69, 9.17) is 11.6 Å². The van der Waals surface area contributed by atoms with Crippen LogP contribution >= 0.6 is 24.0 Å². The molecule has 1 unspecified atom stereocenters. The molecule has 0 saturated carbocycles. The van der Waals surface area contributed by atoms with Crippen LogP contribution in [-0.2, 0) is 22.6 Å².